The van der Waals surface area contributed by atoms with Gasteiger partial charge < -0.3 is 10.0 Å². The highest BCUT2D eigenvalue weighted by Crippen LogP contribution is 2.59. The van der Waals surface area contributed by atoms with E-state index in [-0.39, 0.29) is 6.54 Å². The molecule has 1 heterocycles. The molecule has 0 radical (unpaired) electrons. The zero-order chi connectivity index (χ0) is 15.5. The van der Waals surface area contributed by atoms with Gasteiger partial charge in [0.2, 0.25) is 11.8 Å². The second-order valence-corrected chi connectivity index (χ2v) is 6.48. The van der Waals surface area contributed by atoms with Gasteiger partial charge in [-0.2, -0.15) is 0 Å². The van der Waals surface area contributed by atoms with E-state index in [1.165, 1.54) is 18.7 Å². The van der Waals surface area contributed by atoms with Gasteiger partial charge in [0.25, 0.3) is 5.91 Å². The molecule has 0 bridgehead atoms. The Morgan fingerprint density at radius 2 is 1.75 bits per heavy atom. The van der Waals surface area contributed by atoms with Crippen LogP contribution in [-0.2, 0) is 19.2 Å². The maximum Gasteiger partial charge on any atom is 0.307 e. The van der Waals surface area contributed by atoms with Gasteiger partial charge in [-0.05, 0) is 19.3 Å². The minimum Gasteiger partial charge on any atom is -0.481 e. The number of nitrogens with zero attached hydrogens (tertiary/aromatic N) is 1. The Kier molecular flexibility index (Phi) is 2.92. The van der Waals surface area contributed by atoms with Gasteiger partial charge >= 0.3 is 5.97 Å². The first-order chi connectivity index (χ1) is 9.01. The molecular weight excluding hydrogens is 264 g/mol. The molecule has 0 aromatic rings. The maximum absolute atomic E-state index is 12.5. The maximum atomic E-state index is 12.5. The van der Waals surface area contributed by atoms with Gasteiger partial charge in [-0.25, -0.2) is 0 Å². The Bertz CT molecular complexity index is 523. The summed E-state index contributed by atoms with van der Waals surface area (Å²) in [5.74, 6) is -4.04. The number of hydrogen-bond acceptors (Lipinski definition) is 4. The molecule has 2 fully saturated rings. The van der Waals surface area contributed by atoms with Crippen molar-refractivity contribution >= 4 is 23.7 Å². The molecule has 1 aliphatic heterocycles. The normalized spacial score (nSPS) is 30.7. The molecule has 2 aliphatic rings. The number of aliphatic carboxylic acids is 1. The third-order valence-corrected chi connectivity index (χ3v) is 4.41. The highest BCUT2D eigenvalue weighted by molar-refractivity contribution is 6.07. The molecule has 110 valence electrons. The Morgan fingerprint density at radius 3 is 2.20 bits per heavy atom. The lowest BCUT2D eigenvalue weighted by Gasteiger charge is -2.40. The molecule has 1 saturated heterocycles. The summed E-state index contributed by atoms with van der Waals surface area (Å²) >= 11 is 0. The van der Waals surface area contributed by atoms with Crippen molar-refractivity contribution < 1.29 is 24.3 Å². The van der Waals surface area contributed by atoms with Crippen LogP contribution in [0.15, 0.2) is 0 Å². The number of amides is 3. The minimum absolute atomic E-state index is 0.226. The summed E-state index contributed by atoms with van der Waals surface area (Å²) in [5.41, 5.74) is -1.82. The standard InChI is InChI=1S/C13H18N2O5/c1-12(2)7(8(12)10(18)19)9(17)15-5-6(16)14-11(20)13(15,3)4/h7-8H,5H2,1-4H3,(H,18,19)(H,14,16,20)/t7-,8+/m1/s1. The van der Waals surface area contributed by atoms with E-state index in [9.17, 15) is 19.2 Å². The fraction of sp³-hybridized carbons (Fsp3) is 0.692. The number of nitrogens with one attached hydrogen (secondary N) is 1. The van der Waals surface area contributed by atoms with Crippen LogP contribution in [0.25, 0.3) is 0 Å². The second kappa shape index (κ2) is 4.04. The number of imide groups is 1. The lowest BCUT2D eigenvalue weighted by Crippen LogP contribution is -2.66. The van der Waals surface area contributed by atoms with Crippen LogP contribution in [0.1, 0.15) is 27.7 Å². The number of hydrogen-bond donors (Lipinski definition) is 2. The summed E-state index contributed by atoms with van der Waals surface area (Å²) in [5, 5.41) is 11.3. The van der Waals surface area contributed by atoms with Gasteiger partial charge in [0, 0.05) is 0 Å². The fourth-order valence-electron chi connectivity index (χ4n) is 2.86. The van der Waals surface area contributed by atoms with Crippen molar-refractivity contribution in [2.24, 2.45) is 17.3 Å². The van der Waals surface area contributed by atoms with Gasteiger partial charge in [-0.15, -0.1) is 0 Å². The van der Waals surface area contributed by atoms with Crippen molar-refractivity contribution in [1.82, 2.24) is 10.2 Å². The third-order valence-electron chi connectivity index (χ3n) is 4.41. The summed E-state index contributed by atoms with van der Waals surface area (Å²) in [7, 11) is 0. The van der Waals surface area contributed by atoms with E-state index in [0.717, 1.165) is 0 Å². The van der Waals surface area contributed by atoms with Crippen molar-refractivity contribution in [2.75, 3.05) is 6.54 Å². The monoisotopic (exact) mass is 282 g/mol. The molecule has 0 aromatic heterocycles. The minimum atomic E-state index is -1.16. The number of carbonyl (C=O) groups is 4. The first kappa shape index (κ1) is 14.5. The van der Waals surface area contributed by atoms with E-state index in [1.54, 1.807) is 13.8 Å². The molecule has 0 unspecified atom stereocenters. The number of carboxylic acids is 1. The summed E-state index contributed by atoms with van der Waals surface area (Å²) in [6, 6.07) is 0. The topological polar surface area (TPSA) is 104 Å². The van der Waals surface area contributed by atoms with Crippen LogP contribution in [0, 0.1) is 17.3 Å². The quantitative estimate of drug-likeness (QED) is 0.671. The molecule has 2 N–H and O–H groups in total. The fourth-order valence-corrected chi connectivity index (χ4v) is 2.86. The van der Waals surface area contributed by atoms with Crippen molar-refractivity contribution in [3.05, 3.63) is 0 Å². The summed E-state index contributed by atoms with van der Waals surface area (Å²) in [6.45, 7) is 6.26. The first-order valence-corrected chi connectivity index (χ1v) is 6.40. The molecule has 2 atom stereocenters. The largest absolute Gasteiger partial charge is 0.481 e. The molecule has 2 rings (SSSR count). The molecule has 7 nitrogen and oxygen atoms in total. The van der Waals surface area contributed by atoms with E-state index < -0.39 is 46.5 Å². The number of rotatable bonds is 2. The number of carboxylic acid groups (broad SMARTS) is 1. The van der Waals surface area contributed by atoms with E-state index >= 15 is 0 Å². The molecule has 3 amide bonds. The molecule has 1 saturated carbocycles. The van der Waals surface area contributed by atoms with Gasteiger partial charge in [-0.3, -0.25) is 24.5 Å². The highest BCUT2D eigenvalue weighted by atomic mass is 16.4. The Hall–Kier alpha value is -1.92. The van der Waals surface area contributed by atoms with Crippen LogP contribution in [0.5, 0.6) is 0 Å². The van der Waals surface area contributed by atoms with Crippen LogP contribution in [0.3, 0.4) is 0 Å². The average Bonchev–Trinajstić information content (AvgIpc) is 2.86. The third kappa shape index (κ3) is 1.88. The van der Waals surface area contributed by atoms with Crippen molar-refractivity contribution in [2.45, 2.75) is 33.2 Å². The lowest BCUT2D eigenvalue weighted by molar-refractivity contribution is -0.157. The smallest absolute Gasteiger partial charge is 0.307 e. The predicted octanol–water partition coefficient (Wildman–Crippen LogP) is -0.393. The van der Waals surface area contributed by atoms with Gasteiger partial charge in [0.1, 0.15) is 12.1 Å². The van der Waals surface area contributed by atoms with E-state index in [1.807, 2.05) is 0 Å². The summed E-state index contributed by atoms with van der Waals surface area (Å²) in [6.07, 6.45) is 0. The van der Waals surface area contributed by atoms with Crippen LogP contribution in [-0.4, -0.2) is 45.8 Å². The molecule has 7 heteroatoms. The molecular formula is C13H18N2O5. The Labute approximate surface area is 116 Å². The van der Waals surface area contributed by atoms with E-state index in [2.05, 4.69) is 5.32 Å². The van der Waals surface area contributed by atoms with Gasteiger partial charge in [0.05, 0.1) is 11.8 Å². The summed E-state index contributed by atoms with van der Waals surface area (Å²) < 4.78 is 0. The van der Waals surface area contributed by atoms with Crippen LogP contribution in [0.2, 0.25) is 0 Å². The second-order valence-electron chi connectivity index (χ2n) is 6.48. The van der Waals surface area contributed by atoms with Gasteiger partial charge in [-0.1, -0.05) is 13.8 Å². The van der Waals surface area contributed by atoms with Crippen LogP contribution in [0.4, 0.5) is 0 Å². The highest BCUT2D eigenvalue weighted by Gasteiger charge is 2.67. The molecule has 20 heavy (non-hydrogen) atoms. The lowest BCUT2D eigenvalue weighted by atomic mass is 9.97. The van der Waals surface area contributed by atoms with Crippen molar-refractivity contribution in [3.8, 4) is 0 Å². The van der Waals surface area contributed by atoms with E-state index in [0.29, 0.717) is 0 Å². The SMILES string of the molecule is CC1(C)[C@H](C(=O)O)[C@@H]1C(=O)N1CC(=O)NC(=O)C1(C)C. The molecule has 1 aliphatic carbocycles. The number of carbonyl (C=O) groups excluding carboxylic acids is 3. The Morgan fingerprint density at radius 1 is 1.20 bits per heavy atom. The first-order valence-electron chi connectivity index (χ1n) is 6.40. The van der Waals surface area contributed by atoms with E-state index in [4.69, 9.17) is 5.11 Å². The van der Waals surface area contributed by atoms with Crippen molar-refractivity contribution in [3.63, 3.8) is 0 Å². The van der Waals surface area contributed by atoms with Crippen LogP contribution < -0.4 is 5.32 Å². The Balaban J connectivity index is 2.27. The molecule has 0 aromatic carbocycles. The van der Waals surface area contributed by atoms with Gasteiger partial charge in [0.15, 0.2) is 0 Å². The van der Waals surface area contributed by atoms with Crippen LogP contribution >= 0.6 is 0 Å². The average molecular weight is 282 g/mol. The zero-order valence-corrected chi connectivity index (χ0v) is 11.9. The number of piperazine rings is 1. The zero-order valence-electron chi connectivity index (χ0n) is 11.9. The molecule has 0 spiro atoms. The summed E-state index contributed by atoms with van der Waals surface area (Å²) in [4.78, 5) is 48.1. The van der Waals surface area contributed by atoms with Crippen molar-refractivity contribution in [1.29, 1.82) is 0 Å². The predicted molar refractivity (Wildman–Crippen MR) is 67.3 cm³/mol.